The molecule has 3 fully saturated rings. The Bertz CT molecular complexity index is 2090. The Morgan fingerprint density at radius 1 is 0.914 bits per heavy atom. The van der Waals surface area contributed by atoms with Crippen molar-refractivity contribution in [1.82, 2.24) is 20.2 Å². The second-order valence-electron chi connectivity index (χ2n) is 15.3. The number of carbonyl (C=O) groups excluding carboxylic acids is 2. The van der Waals surface area contributed by atoms with E-state index < -0.39 is 17.8 Å². The maximum Gasteiger partial charge on any atom is 0.416 e. The topological polar surface area (TPSA) is 147 Å². The predicted octanol–water partition coefficient (Wildman–Crippen LogP) is 6.94. The lowest BCUT2D eigenvalue weighted by molar-refractivity contribution is -0.137. The summed E-state index contributed by atoms with van der Waals surface area (Å²) < 4.78 is 58.7. The van der Waals surface area contributed by atoms with E-state index in [0.29, 0.717) is 65.1 Å². The molecule has 16 heteroatoms. The summed E-state index contributed by atoms with van der Waals surface area (Å²) >= 11 is 0. The second-order valence-corrected chi connectivity index (χ2v) is 15.3. The number of likely N-dealkylation sites (tertiary alicyclic amines) is 1. The van der Waals surface area contributed by atoms with Crippen LogP contribution in [0.15, 0.2) is 54.6 Å². The van der Waals surface area contributed by atoms with E-state index >= 15 is 0 Å². The van der Waals surface area contributed by atoms with Crippen LogP contribution in [0.2, 0.25) is 0 Å². The molecule has 4 aromatic rings. The molecule has 3 aromatic carbocycles. The van der Waals surface area contributed by atoms with Gasteiger partial charge in [-0.05, 0) is 99.5 Å². The summed E-state index contributed by atoms with van der Waals surface area (Å²) in [5.41, 5.74) is 7.99. The van der Waals surface area contributed by atoms with Crippen molar-refractivity contribution in [3.8, 4) is 11.5 Å². The van der Waals surface area contributed by atoms with E-state index in [4.69, 9.17) is 19.9 Å². The van der Waals surface area contributed by atoms with Crippen molar-refractivity contribution in [2.24, 2.45) is 5.92 Å². The molecule has 13 nitrogen and oxygen atoms in total. The smallest absolute Gasteiger partial charge is 0.416 e. The number of imide groups is 1. The molecule has 7 rings (SSSR count). The van der Waals surface area contributed by atoms with Gasteiger partial charge in [0.2, 0.25) is 5.91 Å². The molecule has 1 atom stereocenters. The van der Waals surface area contributed by atoms with E-state index in [9.17, 15) is 22.8 Å². The van der Waals surface area contributed by atoms with Crippen molar-refractivity contribution < 1.29 is 37.0 Å². The maximum atomic E-state index is 13.6. The summed E-state index contributed by atoms with van der Waals surface area (Å²) in [5, 5.41) is 6.30. The number of hydrogen-bond acceptors (Lipinski definition) is 11. The highest BCUT2D eigenvalue weighted by atomic mass is 19.4. The Balaban J connectivity index is 0.956. The molecular weight excluding hydrogens is 754 g/mol. The fraction of sp³-hybridized carbons (Fsp3) is 0.476. The van der Waals surface area contributed by atoms with Gasteiger partial charge < -0.3 is 35.1 Å². The van der Waals surface area contributed by atoms with E-state index in [2.05, 4.69) is 42.5 Å². The summed E-state index contributed by atoms with van der Waals surface area (Å²) in [6.45, 7) is 9.38. The number of amides is 3. The van der Waals surface area contributed by atoms with Crippen molar-refractivity contribution >= 4 is 45.7 Å². The predicted molar refractivity (Wildman–Crippen MR) is 217 cm³/mol. The van der Waals surface area contributed by atoms with Gasteiger partial charge in [0.15, 0.2) is 11.5 Å². The van der Waals surface area contributed by atoms with Crippen molar-refractivity contribution in [3.63, 3.8) is 0 Å². The number of alkyl halides is 3. The third-order valence-electron chi connectivity index (χ3n) is 11.1. The number of halogens is 3. The second kappa shape index (κ2) is 17.6. The van der Waals surface area contributed by atoms with E-state index in [1.54, 1.807) is 25.9 Å². The molecule has 310 valence electrons. The first-order chi connectivity index (χ1) is 27.8. The van der Waals surface area contributed by atoms with Crippen LogP contribution in [-0.4, -0.2) is 92.5 Å². The number of aryl methyl sites for hydroxylation is 1. The average molecular weight is 805 g/mol. The number of aromatic nitrogens is 2. The Labute approximate surface area is 336 Å². The summed E-state index contributed by atoms with van der Waals surface area (Å²) in [7, 11) is 1.60. The van der Waals surface area contributed by atoms with Crippen LogP contribution in [0.4, 0.5) is 40.8 Å². The van der Waals surface area contributed by atoms with Crippen LogP contribution in [0.5, 0.6) is 11.5 Å². The molecule has 0 radical (unpaired) electrons. The molecule has 3 amide bonds. The van der Waals surface area contributed by atoms with Gasteiger partial charge in [0.05, 0.1) is 23.7 Å². The molecule has 3 aliphatic rings. The first-order valence-corrected chi connectivity index (χ1v) is 19.9. The van der Waals surface area contributed by atoms with E-state index in [1.807, 2.05) is 24.3 Å². The Kier molecular flexibility index (Phi) is 12.4. The van der Waals surface area contributed by atoms with Crippen LogP contribution in [0.1, 0.15) is 62.0 Å². The molecular formula is C42H51F3N8O5. The Morgan fingerprint density at radius 2 is 1.64 bits per heavy atom. The lowest BCUT2D eigenvalue weighted by Crippen LogP contribution is -2.49. The summed E-state index contributed by atoms with van der Waals surface area (Å²) in [5.74, 6) is 2.38. The molecule has 58 heavy (non-hydrogen) atoms. The molecule has 0 aliphatic carbocycles. The van der Waals surface area contributed by atoms with Crippen LogP contribution in [0.3, 0.4) is 0 Å². The number of rotatable bonds is 13. The van der Waals surface area contributed by atoms with Gasteiger partial charge in [-0.15, -0.1) is 0 Å². The summed E-state index contributed by atoms with van der Waals surface area (Å²) in [6, 6.07) is 14.3. The van der Waals surface area contributed by atoms with Crippen LogP contribution < -0.4 is 35.6 Å². The quantitative estimate of drug-likeness (QED) is 0.0954. The molecule has 1 unspecified atom stereocenters. The van der Waals surface area contributed by atoms with Gasteiger partial charge in [0.25, 0.3) is 0 Å². The van der Waals surface area contributed by atoms with E-state index in [0.717, 1.165) is 81.9 Å². The molecule has 1 aromatic heterocycles. The third-order valence-corrected chi connectivity index (χ3v) is 11.1. The van der Waals surface area contributed by atoms with Gasteiger partial charge >= 0.3 is 12.2 Å². The average Bonchev–Trinajstić information content (AvgIpc) is 3.19. The monoisotopic (exact) mass is 804 g/mol. The number of nitrogens with two attached hydrogens (primary N) is 1. The molecule has 0 spiro atoms. The normalized spacial score (nSPS) is 18.0. The van der Waals surface area contributed by atoms with Gasteiger partial charge in [0, 0.05) is 81.3 Å². The third kappa shape index (κ3) is 9.84. The number of anilines is 4. The highest BCUT2D eigenvalue weighted by molar-refractivity contribution is 6.05. The lowest BCUT2D eigenvalue weighted by atomic mass is 9.94. The van der Waals surface area contributed by atoms with Crippen molar-refractivity contribution in [2.75, 3.05) is 80.4 Å². The fourth-order valence-electron chi connectivity index (χ4n) is 7.96. The number of ether oxygens (including phenoxy) is 3. The number of nitrogens with one attached hydrogen (secondary N) is 2. The summed E-state index contributed by atoms with van der Waals surface area (Å²) in [6.07, 6.45) is -0.340. The Morgan fingerprint density at radius 3 is 2.33 bits per heavy atom. The SMILES string of the molecule is COCCOc1cc2c(NC(C)c3cc(N)cc(C(F)(F)F)c3)nc(C)nc2cc1OC1CCN(CC2CCN(c3ccc(N4CCC(=O)NC4=O)cc3)CC2)CC1. The zero-order chi connectivity index (χ0) is 41.0. The van der Waals surface area contributed by atoms with Crippen LogP contribution >= 0.6 is 0 Å². The maximum absolute atomic E-state index is 13.6. The number of carbonyl (C=O) groups is 2. The van der Waals surface area contributed by atoms with Crippen LogP contribution in [0.25, 0.3) is 10.9 Å². The first-order valence-electron chi connectivity index (χ1n) is 19.9. The number of nitrogen functional groups attached to an aromatic ring is 1. The van der Waals surface area contributed by atoms with Gasteiger partial charge in [-0.3, -0.25) is 15.0 Å². The molecule has 0 bridgehead atoms. The standard InChI is InChI=1S/C42H51F3N8O5/c1-26(29-20-30(42(43,44)45)22-31(46)21-29)47-40-35-23-37(57-19-18-56-3)38(24-36(35)48-27(2)49-40)58-34-10-13-51(14-11-34)25-28-8-15-52(16-9-28)32-4-6-33(7-5-32)53-17-12-39(54)50-41(53)55/h4-7,20-24,26,28,34H,8-19,25,46H2,1-3H3,(H,47,48,49)(H,50,54,55). The van der Waals surface area contributed by atoms with Crippen molar-refractivity contribution in [1.29, 1.82) is 0 Å². The number of urea groups is 1. The molecule has 4 N–H and O–H groups in total. The molecule has 3 aliphatic heterocycles. The Hall–Kier alpha value is -5.35. The zero-order valence-electron chi connectivity index (χ0n) is 33.1. The van der Waals surface area contributed by atoms with Crippen molar-refractivity contribution in [2.45, 2.75) is 64.3 Å². The number of methoxy groups -OCH3 is 1. The number of piperidine rings is 2. The van der Waals surface area contributed by atoms with E-state index in [-0.39, 0.29) is 30.3 Å². The van der Waals surface area contributed by atoms with Gasteiger partial charge in [-0.25, -0.2) is 14.8 Å². The largest absolute Gasteiger partial charge is 0.487 e. The van der Waals surface area contributed by atoms with E-state index in [1.165, 1.54) is 6.07 Å². The highest BCUT2D eigenvalue weighted by Crippen LogP contribution is 2.38. The van der Waals surface area contributed by atoms with Gasteiger partial charge in [0.1, 0.15) is 24.4 Å². The number of benzene rings is 3. The zero-order valence-corrected chi connectivity index (χ0v) is 33.1. The minimum absolute atomic E-state index is 0.0216. The lowest BCUT2D eigenvalue weighted by Gasteiger charge is -2.38. The number of nitrogens with zero attached hydrogens (tertiary/aromatic N) is 5. The molecule has 0 saturated carbocycles. The molecule has 3 saturated heterocycles. The first kappa shape index (κ1) is 40.8. The van der Waals surface area contributed by atoms with Crippen molar-refractivity contribution in [3.05, 3.63) is 71.5 Å². The van der Waals surface area contributed by atoms with Crippen LogP contribution in [-0.2, 0) is 15.7 Å². The minimum atomic E-state index is -4.53. The van der Waals surface area contributed by atoms with Gasteiger partial charge in [-0.1, -0.05) is 0 Å². The fourth-order valence-corrected chi connectivity index (χ4v) is 7.96. The highest BCUT2D eigenvalue weighted by Gasteiger charge is 2.32. The number of hydrogen-bond donors (Lipinski definition) is 3. The molecule has 4 heterocycles. The number of fused-ring (bicyclic) bond motifs is 1. The minimum Gasteiger partial charge on any atom is -0.487 e. The summed E-state index contributed by atoms with van der Waals surface area (Å²) in [4.78, 5) is 39.6. The van der Waals surface area contributed by atoms with Gasteiger partial charge in [-0.2, -0.15) is 13.2 Å². The van der Waals surface area contributed by atoms with Crippen LogP contribution in [0, 0.1) is 12.8 Å².